The van der Waals surface area contributed by atoms with Gasteiger partial charge < -0.3 is 15.1 Å². The van der Waals surface area contributed by atoms with Gasteiger partial charge in [-0.3, -0.25) is 4.79 Å². The van der Waals surface area contributed by atoms with E-state index >= 15 is 0 Å². The fourth-order valence-corrected chi connectivity index (χ4v) is 4.05. The summed E-state index contributed by atoms with van der Waals surface area (Å²) in [4.78, 5) is 21.3. The number of carbonyl (C=O) groups excluding carboxylic acids is 1. The predicted octanol–water partition coefficient (Wildman–Crippen LogP) is 4.50. The predicted molar refractivity (Wildman–Crippen MR) is 111 cm³/mol. The van der Waals surface area contributed by atoms with Crippen LogP contribution in [-0.2, 0) is 0 Å². The van der Waals surface area contributed by atoms with Crippen molar-refractivity contribution in [3.8, 4) is 0 Å². The molecule has 1 saturated heterocycles. The van der Waals surface area contributed by atoms with Crippen LogP contribution in [0.2, 0.25) is 5.02 Å². The van der Waals surface area contributed by atoms with E-state index in [1.807, 2.05) is 64.9 Å². The molecule has 0 atom stereocenters. The van der Waals surface area contributed by atoms with Gasteiger partial charge in [0.25, 0.3) is 5.91 Å². The number of halogens is 1. The first-order valence-corrected chi connectivity index (χ1v) is 10.0. The lowest BCUT2D eigenvalue weighted by molar-refractivity contribution is 0.0742. The SMILES string of the molecule is O=C(c1csc(Nc2ccccc2)n1)N1CCN(c2ccccc2Cl)CC1. The molecule has 138 valence electrons. The van der Waals surface area contributed by atoms with Crippen molar-refractivity contribution >= 4 is 45.4 Å². The third-order valence-corrected chi connectivity index (χ3v) is 5.59. The second kappa shape index (κ2) is 7.98. The highest BCUT2D eigenvalue weighted by atomic mass is 35.5. The molecule has 5 nitrogen and oxygen atoms in total. The molecule has 27 heavy (non-hydrogen) atoms. The van der Waals surface area contributed by atoms with Crippen LogP contribution in [0.15, 0.2) is 60.0 Å². The normalized spacial score (nSPS) is 14.3. The highest BCUT2D eigenvalue weighted by Gasteiger charge is 2.24. The van der Waals surface area contributed by atoms with E-state index in [1.165, 1.54) is 11.3 Å². The third kappa shape index (κ3) is 4.07. The first-order chi connectivity index (χ1) is 13.2. The highest BCUT2D eigenvalue weighted by Crippen LogP contribution is 2.27. The van der Waals surface area contributed by atoms with Crippen LogP contribution in [0, 0.1) is 0 Å². The van der Waals surface area contributed by atoms with Gasteiger partial charge in [0.2, 0.25) is 0 Å². The number of hydrogen-bond donors (Lipinski definition) is 1. The Hall–Kier alpha value is -2.57. The number of carbonyl (C=O) groups is 1. The van der Waals surface area contributed by atoms with E-state index in [-0.39, 0.29) is 5.91 Å². The molecule has 1 amide bonds. The van der Waals surface area contributed by atoms with E-state index < -0.39 is 0 Å². The monoisotopic (exact) mass is 398 g/mol. The number of benzene rings is 2. The van der Waals surface area contributed by atoms with E-state index in [4.69, 9.17) is 11.6 Å². The number of para-hydroxylation sites is 2. The van der Waals surface area contributed by atoms with Crippen LogP contribution < -0.4 is 10.2 Å². The first-order valence-electron chi connectivity index (χ1n) is 8.77. The maximum Gasteiger partial charge on any atom is 0.273 e. The quantitative estimate of drug-likeness (QED) is 0.702. The maximum atomic E-state index is 12.8. The second-order valence-corrected chi connectivity index (χ2v) is 7.52. The third-order valence-electron chi connectivity index (χ3n) is 4.51. The fraction of sp³-hybridized carbons (Fsp3) is 0.200. The molecule has 3 aromatic rings. The van der Waals surface area contributed by atoms with Crippen LogP contribution in [-0.4, -0.2) is 42.0 Å². The van der Waals surface area contributed by atoms with Crippen LogP contribution in [0.5, 0.6) is 0 Å². The first kappa shape index (κ1) is 17.8. The van der Waals surface area contributed by atoms with Crippen molar-refractivity contribution in [2.45, 2.75) is 0 Å². The van der Waals surface area contributed by atoms with Gasteiger partial charge in [0.05, 0.1) is 10.7 Å². The Morgan fingerprint density at radius 2 is 1.70 bits per heavy atom. The van der Waals surface area contributed by atoms with E-state index in [1.54, 1.807) is 0 Å². The van der Waals surface area contributed by atoms with Gasteiger partial charge in [-0.2, -0.15) is 0 Å². The van der Waals surface area contributed by atoms with Crippen molar-refractivity contribution in [2.75, 3.05) is 36.4 Å². The molecule has 4 rings (SSSR count). The van der Waals surface area contributed by atoms with Gasteiger partial charge in [0.1, 0.15) is 5.69 Å². The number of nitrogens with zero attached hydrogens (tertiary/aromatic N) is 3. The minimum atomic E-state index is -0.0221. The molecule has 0 saturated carbocycles. The van der Waals surface area contributed by atoms with Crippen molar-refractivity contribution in [1.82, 2.24) is 9.88 Å². The average Bonchev–Trinajstić information content (AvgIpc) is 3.17. The number of amides is 1. The molecule has 0 bridgehead atoms. The summed E-state index contributed by atoms with van der Waals surface area (Å²) in [5.41, 5.74) is 2.47. The lowest BCUT2D eigenvalue weighted by atomic mass is 10.2. The summed E-state index contributed by atoms with van der Waals surface area (Å²) in [6, 6.07) is 17.6. The molecule has 2 aromatic carbocycles. The average molecular weight is 399 g/mol. The zero-order chi connectivity index (χ0) is 18.6. The van der Waals surface area contributed by atoms with Crippen LogP contribution in [0.25, 0.3) is 0 Å². The minimum Gasteiger partial charge on any atom is -0.367 e. The number of rotatable bonds is 4. The molecular weight excluding hydrogens is 380 g/mol. The summed E-state index contributed by atoms with van der Waals surface area (Å²) < 4.78 is 0. The van der Waals surface area contributed by atoms with Gasteiger partial charge in [-0.25, -0.2) is 4.98 Å². The summed E-state index contributed by atoms with van der Waals surface area (Å²) in [5.74, 6) is -0.0221. The molecule has 0 aliphatic carbocycles. The van der Waals surface area contributed by atoms with Gasteiger partial charge in [-0.05, 0) is 24.3 Å². The Labute approximate surface area is 167 Å². The number of nitrogens with one attached hydrogen (secondary N) is 1. The molecule has 2 heterocycles. The molecule has 7 heteroatoms. The maximum absolute atomic E-state index is 12.8. The number of hydrogen-bond acceptors (Lipinski definition) is 5. The Morgan fingerprint density at radius 1 is 1.00 bits per heavy atom. The van der Waals surface area contributed by atoms with Gasteiger partial charge in [0.15, 0.2) is 5.13 Å². The van der Waals surface area contributed by atoms with Gasteiger partial charge in [0, 0.05) is 37.2 Å². The topological polar surface area (TPSA) is 48.5 Å². The van der Waals surface area contributed by atoms with Crippen LogP contribution in [0.1, 0.15) is 10.5 Å². The molecule has 1 aromatic heterocycles. The number of piperazine rings is 1. The standard InChI is InChI=1S/C20H19ClN4OS/c21-16-8-4-5-9-18(16)24-10-12-25(13-11-24)19(26)17-14-27-20(23-17)22-15-6-2-1-3-7-15/h1-9,14H,10-13H2,(H,22,23). The summed E-state index contributed by atoms with van der Waals surface area (Å²) in [7, 11) is 0. The summed E-state index contributed by atoms with van der Waals surface area (Å²) in [6.45, 7) is 2.83. The van der Waals surface area contributed by atoms with Gasteiger partial charge >= 0.3 is 0 Å². The van der Waals surface area contributed by atoms with Crippen molar-refractivity contribution < 1.29 is 4.79 Å². The van der Waals surface area contributed by atoms with Crippen molar-refractivity contribution in [3.05, 3.63) is 70.7 Å². The summed E-state index contributed by atoms with van der Waals surface area (Å²) >= 11 is 7.72. The van der Waals surface area contributed by atoms with Crippen LogP contribution in [0.4, 0.5) is 16.5 Å². The molecule has 0 spiro atoms. The Bertz CT molecular complexity index is 922. The zero-order valence-corrected chi connectivity index (χ0v) is 16.2. The lowest BCUT2D eigenvalue weighted by Gasteiger charge is -2.36. The van der Waals surface area contributed by atoms with E-state index in [0.717, 1.165) is 34.6 Å². The van der Waals surface area contributed by atoms with Gasteiger partial charge in [-0.15, -0.1) is 11.3 Å². The lowest BCUT2D eigenvalue weighted by Crippen LogP contribution is -2.49. The van der Waals surface area contributed by atoms with Crippen molar-refractivity contribution in [2.24, 2.45) is 0 Å². The summed E-state index contributed by atoms with van der Waals surface area (Å²) in [6.07, 6.45) is 0. The molecular formula is C20H19ClN4OS. The second-order valence-electron chi connectivity index (χ2n) is 6.26. The Kier molecular flexibility index (Phi) is 5.27. The number of thiazole rings is 1. The molecule has 1 fully saturated rings. The van der Waals surface area contributed by atoms with Crippen LogP contribution in [0.3, 0.4) is 0 Å². The smallest absolute Gasteiger partial charge is 0.273 e. The van der Waals surface area contributed by atoms with Crippen molar-refractivity contribution in [3.63, 3.8) is 0 Å². The van der Waals surface area contributed by atoms with Gasteiger partial charge in [-0.1, -0.05) is 41.9 Å². The Balaban J connectivity index is 1.38. The molecule has 1 aliphatic heterocycles. The molecule has 1 N–H and O–H groups in total. The number of aromatic nitrogens is 1. The Morgan fingerprint density at radius 3 is 2.44 bits per heavy atom. The van der Waals surface area contributed by atoms with E-state index in [2.05, 4.69) is 15.2 Å². The van der Waals surface area contributed by atoms with Crippen molar-refractivity contribution in [1.29, 1.82) is 0 Å². The zero-order valence-electron chi connectivity index (χ0n) is 14.6. The van der Waals surface area contributed by atoms with E-state index in [9.17, 15) is 4.79 Å². The molecule has 0 unspecified atom stereocenters. The fourth-order valence-electron chi connectivity index (χ4n) is 3.09. The number of anilines is 3. The highest BCUT2D eigenvalue weighted by molar-refractivity contribution is 7.14. The molecule has 1 aliphatic rings. The molecule has 0 radical (unpaired) electrons. The van der Waals surface area contributed by atoms with Crippen LogP contribution >= 0.6 is 22.9 Å². The van der Waals surface area contributed by atoms with E-state index in [0.29, 0.717) is 18.8 Å². The summed E-state index contributed by atoms with van der Waals surface area (Å²) in [5, 5.41) is 6.51. The minimum absolute atomic E-state index is 0.0221. The largest absolute Gasteiger partial charge is 0.367 e.